The number of terminal acetylenes is 1. The number of carboxylic acid groups (broad SMARTS) is 1. The van der Waals surface area contributed by atoms with E-state index in [-0.39, 0.29) is 22.2 Å². The predicted molar refractivity (Wildman–Crippen MR) is 104 cm³/mol. The Balaban J connectivity index is 1.43. The third kappa shape index (κ3) is 1.99. The van der Waals surface area contributed by atoms with Gasteiger partial charge in [-0.25, -0.2) is 0 Å². The van der Waals surface area contributed by atoms with E-state index in [1.165, 1.54) is 38.5 Å². The SMILES string of the molecule is C#CNC(=O)C12CC3CC(C1)CC(C14CC5CC(CC(C(=O)O)(C5)C1)C4)(C3)C2. The molecule has 0 aromatic carbocycles. The molecule has 4 heteroatoms. The lowest BCUT2D eigenvalue weighted by Gasteiger charge is -2.73. The van der Waals surface area contributed by atoms with Crippen molar-refractivity contribution < 1.29 is 14.7 Å². The third-order valence-electron chi connectivity index (χ3n) is 10.4. The van der Waals surface area contributed by atoms with Crippen molar-refractivity contribution in [2.75, 3.05) is 0 Å². The summed E-state index contributed by atoms with van der Waals surface area (Å²) in [6.45, 7) is 0. The minimum Gasteiger partial charge on any atom is -0.481 e. The van der Waals surface area contributed by atoms with Crippen LogP contribution in [-0.4, -0.2) is 17.0 Å². The first-order valence-corrected chi connectivity index (χ1v) is 11.3. The largest absolute Gasteiger partial charge is 0.481 e. The van der Waals surface area contributed by atoms with Gasteiger partial charge in [0, 0.05) is 6.04 Å². The van der Waals surface area contributed by atoms with E-state index in [1.54, 1.807) is 0 Å². The first kappa shape index (κ1) is 17.4. The molecular weight excluding hydrogens is 350 g/mol. The van der Waals surface area contributed by atoms with E-state index >= 15 is 0 Å². The molecule has 4 nitrogen and oxygen atoms in total. The fourth-order valence-electron chi connectivity index (χ4n) is 10.5. The van der Waals surface area contributed by atoms with Crippen LogP contribution in [0.1, 0.15) is 77.0 Å². The smallest absolute Gasteiger partial charge is 0.309 e. The Morgan fingerprint density at radius 2 is 1.21 bits per heavy atom. The van der Waals surface area contributed by atoms with Gasteiger partial charge in [-0.2, -0.15) is 0 Å². The molecule has 8 fully saturated rings. The van der Waals surface area contributed by atoms with Gasteiger partial charge in [-0.15, -0.1) is 0 Å². The van der Waals surface area contributed by atoms with E-state index in [1.807, 2.05) is 0 Å². The molecule has 8 rings (SSSR count). The maximum atomic E-state index is 13.1. The standard InChI is InChI=1S/C24H31NO3/c1-2-25-19(26)21-5-15-3-16(6-21)10-23(9-15,13-21)24-11-17-4-18(12-24)8-22(7-17,14-24)20(27)28/h1,15-18H,3-14H2,(H,25,26)(H,27,28). The van der Waals surface area contributed by atoms with Crippen molar-refractivity contribution in [2.24, 2.45) is 45.3 Å². The van der Waals surface area contributed by atoms with Crippen LogP contribution < -0.4 is 5.32 Å². The van der Waals surface area contributed by atoms with Crippen molar-refractivity contribution in [3.63, 3.8) is 0 Å². The monoisotopic (exact) mass is 381 g/mol. The lowest BCUT2D eigenvalue weighted by atomic mass is 9.31. The zero-order valence-electron chi connectivity index (χ0n) is 16.6. The normalized spacial score (nSPS) is 55.1. The molecule has 2 N–H and O–H groups in total. The predicted octanol–water partition coefficient (Wildman–Crippen LogP) is 3.95. The molecular formula is C24H31NO3. The highest BCUT2D eigenvalue weighted by Gasteiger charge is 2.71. The van der Waals surface area contributed by atoms with Gasteiger partial charge in [-0.05, 0) is 112 Å². The molecule has 4 atom stereocenters. The Labute approximate surface area is 167 Å². The summed E-state index contributed by atoms with van der Waals surface area (Å²) in [5.41, 5.74) is -0.464. The number of aliphatic carboxylic acids is 1. The summed E-state index contributed by atoms with van der Waals surface area (Å²) in [4.78, 5) is 25.5. The summed E-state index contributed by atoms with van der Waals surface area (Å²) in [5, 5.41) is 12.9. The van der Waals surface area contributed by atoms with Gasteiger partial charge < -0.3 is 5.11 Å². The molecule has 0 radical (unpaired) electrons. The second kappa shape index (κ2) is 5.15. The molecule has 28 heavy (non-hydrogen) atoms. The van der Waals surface area contributed by atoms with Crippen LogP contribution >= 0.6 is 0 Å². The molecule has 8 aliphatic rings. The van der Waals surface area contributed by atoms with Crippen LogP contribution in [0.2, 0.25) is 0 Å². The molecule has 0 aromatic heterocycles. The van der Waals surface area contributed by atoms with E-state index < -0.39 is 11.4 Å². The maximum absolute atomic E-state index is 13.1. The molecule has 0 aliphatic heterocycles. The zero-order chi connectivity index (χ0) is 19.4. The highest BCUT2D eigenvalue weighted by atomic mass is 16.4. The minimum atomic E-state index is -0.546. The van der Waals surface area contributed by atoms with E-state index in [0.717, 1.165) is 38.5 Å². The summed E-state index contributed by atoms with van der Waals surface area (Å²) in [6, 6.07) is 2.38. The van der Waals surface area contributed by atoms with E-state index in [2.05, 4.69) is 11.4 Å². The van der Waals surface area contributed by atoms with Crippen LogP contribution in [-0.2, 0) is 9.59 Å². The van der Waals surface area contributed by atoms with E-state index in [4.69, 9.17) is 6.42 Å². The van der Waals surface area contributed by atoms with Crippen LogP contribution in [0.3, 0.4) is 0 Å². The van der Waals surface area contributed by atoms with Gasteiger partial charge in [0.2, 0.25) is 5.91 Å². The number of carbonyl (C=O) groups excluding carboxylic acids is 1. The lowest BCUT2D eigenvalue weighted by Crippen LogP contribution is -2.67. The van der Waals surface area contributed by atoms with Gasteiger partial charge >= 0.3 is 5.97 Å². The minimum absolute atomic E-state index is 0.0751. The van der Waals surface area contributed by atoms with Gasteiger partial charge in [-0.3, -0.25) is 14.9 Å². The first-order chi connectivity index (χ1) is 13.3. The molecule has 0 saturated heterocycles. The summed E-state index contributed by atoms with van der Waals surface area (Å²) in [6.07, 6.45) is 18.4. The number of hydrogen-bond acceptors (Lipinski definition) is 2. The summed E-state index contributed by atoms with van der Waals surface area (Å²) in [7, 11) is 0. The lowest BCUT2D eigenvalue weighted by molar-refractivity contribution is -0.238. The Kier molecular flexibility index (Phi) is 3.20. The average molecular weight is 382 g/mol. The van der Waals surface area contributed by atoms with Crippen LogP contribution in [0.4, 0.5) is 0 Å². The van der Waals surface area contributed by atoms with Crippen molar-refractivity contribution >= 4 is 11.9 Å². The number of hydrogen-bond donors (Lipinski definition) is 2. The molecule has 8 bridgehead atoms. The number of carboxylic acids is 1. The van der Waals surface area contributed by atoms with Gasteiger partial charge in [-0.1, -0.05) is 6.42 Å². The molecule has 4 unspecified atom stereocenters. The quantitative estimate of drug-likeness (QED) is 0.575. The molecule has 8 aliphatic carbocycles. The van der Waals surface area contributed by atoms with Crippen LogP contribution in [0, 0.1) is 57.8 Å². The summed E-state index contributed by atoms with van der Waals surface area (Å²) in [5.74, 6) is 1.94. The van der Waals surface area contributed by atoms with Crippen LogP contribution in [0.25, 0.3) is 0 Å². The van der Waals surface area contributed by atoms with Crippen LogP contribution in [0.5, 0.6) is 0 Å². The number of carbonyl (C=O) groups is 2. The number of rotatable bonds is 3. The van der Waals surface area contributed by atoms with Crippen molar-refractivity contribution in [1.29, 1.82) is 0 Å². The summed E-state index contributed by atoms with van der Waals surface area (Å²) < 4.78 is 0. The Hall–Kier alpha value is -1.50. The van der Waals surface area contributed by atoms with E-state index in [0.29, 0.717) is 23.7 Å². The molecule has 0 heterocycles. The molecule has 150 valence electrons. The zero-order valence-corrected chi connectivity index (χ0v) is 16.6. The van der Waals surface area contributed by atoms with Gasteiger partial charge in [0.25, 0.3) is 0 Å². The average Bonchev–Trinajstić information content (AvgIpc) is 2.59. The van der Waals surface area contributed by atoms with Gasteiger partial charge in [0.1, 0.15) is 0 Å². The maximum Gasteiger partial charge on any atom is 0.309 e. The number of amides is 1. The van der Waals surface area contributed by atoms with Crippen molar-refractivity contribution in [1.82, 2.24) is 5.32 Å². The fourth-order valence-corrected chi connectivity index (χ4v) is 10.5. The topological polar surface area (TPSA) is 66.4 Å². The van der Waals surface area contributed by atoms with Crippen LogP contribution in [0.15, 0.2) is 0 Å². The Morgan fingerprint density at radius 1 is 0.786 bits per heavy atom. The van der Waals surface area contributed by atoms with Crippen molar-refractivity contribution in [3.05, 3.63) is 0 Å². The Morgan fingerprint density at radius 3 is 1.64 bits per heavy atom. The Bertz CT molecular complexity index is 779. The van der Waals surface area contributed by atoms with Gasteiger partial charge in [0.05, 0.1) is 10.8 Å². The van der Waals surface area contributed by atoms with Crippen molar-refractivity contribution in [2.45, 2.75) is 77.0 Å². The van der Waals surface area contributed by atoms with E-state index in [9.17, 15) is 14.7 Å². The highest BCUT2D eigenvalue weighted by molar-refractivity contribution is 5.84. The fraction of sp³-hybridized carbons (Fsp3) is 0.833. The highest BCUT2D eigenvalue weighted by Crippen LogP contribution is 2.78. The van der Waals surface area contributed by atoms with Gasteiger partial charge in [0.15, 0.2) is 0 Å². The second-order valence-electron chi connectivity index (χ2n) is 11.9. The first-order valence-electron chi connectivity index (χ1n) is 11.3. The molecule has 0 spiro atoms. The molecule has 1 amide bonds. The molecule has 0 aromatic rings. The third-order valence-corrected chi connectivity index (χ3v) is 10.4. The summed E-state index contributed by atoms with van der Waals surface area (Å²) >= 11 is 0. The molecule has 8 saturated carbocycles. The number of nitrogens with one attached hydrogen (secondary N) is 1. The second-order valence-corrected chi connectivity index (χ2v) is 11.9. The van der Waals surface area contributed by atoms with Crippen molar-refractivity contribution in [3.8, 4) is 12.5 Å².